The number of allylic oxidation sites excluding steroid dienone is 4. The van der Waals surface area contributed by atoms with Crippen LogP contribution in [-0.4, -0.2) is 110 Å². The summed E-state index contributed by atoms with van der Waals surface area (Å²) < 4.78 is 11.1. The lowest BCUT2D eigenvalue weighted by molar-refractivity contribution is -0.303. The third kappa shape index (κ3) is 32.9. The van der Waals surface area contributed by atoms with E-state index >= 15 is 0 Å². The molecule has 11 heteroatoms. The molecule has 1 amide bonds. The normalized spacial score (nSPS) is 21.0. The van der Waals surface area contributed by atoms with Gasteiger partial charge in [-0.25, -0.2) is 0 Å². The van der Waals surface area contributed by atoms with Gasteiger partial charge in [-0.1, -0.05) is 212 Å². The topological polar surface area (TPSA) is 189 Å². The molecule has 0 bridgehead atoms. The predicted octanol–water partition coefficient (Wildman–Crippen LogP) is 10.6. The molecule has 65 heavy (non-hydrogen) atoms. The number of hydrogen-bond donors (Lipinski definition) is 8. The smallest absolute Gasteiger partial charge is 0.249 e. The average molecular weight is 926 g/mol. The molecule has 0 spiro atoms. The third-order valence-corrected chi connectivity index (χ3v) is 13.2. The number of aliphatic hydroxyl groups excluding tert-OH is 7. The summed E-state index contributed by atoms with van der Waals surface area (Å²) >= 11 is 0. The van der Waals surface area contributed by atoms with Gasteiger partial charge >= 0.3 is 0 Å². The molecule has 1 heterocycles. The molecule has 1 rings (SSSR count). The Morgan fingerprint density at radius 3 is 1.34 bits per heavy atom. The van der Waals surface area contributed by atoms with Crippen molar-refractivity contribution in [1.29, 1.82) is 0 Å². The van der Waals surface area contributed by atoms with Crippen LogP contribution in [0.1, 0.15) is 245 Å². The molecule has 0 saturated carbocycles. The van der Waals surface area contributed by atoms with Crippen molar-refractivity contribution in [2.75, 3.05) is 13.2 Å². The van der Waals surface area contributed by atoms with Gasteiger partial charge in [0.05, 0.1) is 25.4 Å². The van der Waals surface area contributed by atoms with Crippen molar-refractivity contribution >= 4 is 5.91 Å². The molecule has 8 N–H and O–H groups in total. The first-order valence-electron chi connectivity index (χ1n) is 27.2. The van der Waals surface area contributed by atoms with E-state index in [0.29, 0.717) is 12.8 Å². The quantitative estimate of drug-likeness (QED) is 0.0216. The van der Waals surface area contributed by atoms with Gasteiger partial charge in [0.2, 0.25) is 5.91 Å². The van der Waals surface area contributed by atoms with Gasteiger partial charge in [0, 0.05) is 0 Å². The summed E-state index contributed by atoms with van der Waals surface area (Å²) in [5.41, 5.74) is 0. The van der Waals surface area contributed by atoms with Crippen molar-refractivity contribution in [3.63, 3.8) is 0 Å². The highest BCUT2D eigenvalue weighted by Gasteiger charge is 2.44. The molecule has 0 aromatic rings. The lowest BCUT2D eigenvalue weighted by Crippen LogP contribution is -2.60. The summed E-state index contributed by atoms with van der Waals surface area (Å²) in [5, 5.41) is 75.5. The maximum absolute atomic E-state index is 13.0. The van der Waals surface area contributed by atoms with Crippen molar-refractivity contribution in [2.24, 2.45) is 0 Å². The minimum atomic E-state index is -1.67. The summed E-state index contributed by atoms with van der Waals surface area (Å²) in [7, 11) is 0. The maximum Gasteiger partial charge on any atom is 0.249 e. The maximum atomic E-state index is 13.0. The van der Waals surface area contributed by atoms with E-state index in [-0.39, 0.29) is 12.8 Å². The van der Waals surface area contributed by atoms with Crippen LogP contribution in [-0.2, 0) is 14.3 Å². The van der Waals surface area contributed by atoms with E-state index in [0.717, 1.165) is 32.1 Å². The van der Waals surface area contributed by atoms with Crippen molar-refractivity contribution < 1.29 is 50.0 Å². The lowest BCUT2D eigenvalue weighted by Gasteiger charge is -2.40. The second-order valence-electron chi connectivity index (χ2n) is 19.3. The minimum absolute atomic E-state index is 0.169. The monoisotopic (exact) mass is 926 g/mol. The molecule has 1 aliphatic rings. The fourth-order valence-corrected chi connectivity index (χ4v) is 8.74. The first-order chi connectivity index (χ1) is 31.7. The van der Waals surface area contributed by atoms with E-state index in [1.54, 1.807) is 0 Å². The van der Waals surface area contributed by atoms with Crippen molar-refractivity contribution in [3.05, 3.63) is 24.3 Å². The molecule has 0 aliphatic carbocycles. The van der Waals surface area contributed by atoms with E-state index in [9.17, 15) is 40.5 Å². The Labute approximate surface area is 397 Å². The molecule has 11 nitrogen and oxygen atoms in total. The second kappa shape index (κ2) is 43.8. The Morgan fingerprint density at radius 2 is 0.908 bits per heavy atom. The number of rotatable bonds is 46. The number of carbonyl (C=O) groups is 1. The van der Waals surface area contributed by atoms with Crippen molar-refractivity contribution in [1.82, 2.24) is 5.32 Å². The Bertz CT molecular complexity index is 1110. The third-order valence-electron chi connectivity index (χ3n) is 13.2. The number of hydrogen-bond acceptors (Lipinski definition) is 10. The Hall–Kier alpha value is -1.41. The van der Waals surface area contributed by atoms with Crippen LogP contribution in [0.2, 0.25) is 0 Å². The molecular weight excluding hydrogens is 823 g/mol. The fourth-order valence-electron chi connectivity index (χ4n) is 8.74. The van der Waals surface area contributed by atoms with Gasteiger partial charge in [0.25, 0.3) is 0 Å². The second-order valence-corrected chi connectivity index (χ2v) is 19.3. The molecule has 1 fully saturated rings. The average Bonchev–Trinajstić information content (AvgIpc) is 3.31. The van der Waals surface area contributed by atoms with Crippen LogP contribution in [0.4, 0.5) is 0 Å². The predicted molar refractivity (Wildman–Crippen MR) is 266 cm³/mol. The van der Waals surface area contributed by atoms with Crippen molar-refractivity contribution in [3.8, 4) is 0 Å². The number of unbranched alkanes of at least 4 members (excludes halogenated alkanes) is 30. The zero-order valence-corrected chi connectivity index (χ0v) is 41.7. The largest absolute Gasteiger partial charge is 0.394 e. The molecular formula is C54H103NO10. The summed E-state index contributed by atoms with van der Waals surface area (Å²) in [4.78, 5) is 13.0. The van der Waals surface area contributed by atoms with Crippen LogP contribution in [0.5, 0.6) is 0 Å². The molecule has 0 aromatic carbocycles. The number of aliphatic hydroxyl groups is 7. The van der Waals surface area contributed by atoms with Gasteiger partial charge in [0.15, 0.2) is 6.29 Å². The standard InChI is InChI=1S/C54H103NO10/c1-3-5-7-9-11-13-14-15-16-17-18-19-20-21-22-23-24-25-26-27-28-29-30-31-32-33-34-36-37-39-41-46(57)49(59)45(44-64-54-52(62)51(61)50(60)48(43-56)65-54)55-53(63)47(58)42-40-38-35-12-10-8-6-4-2/h34-36,38,45-52,54,56-62H,3-33,37,39-44H2,1-2H3,(H,55,63)/b36-34+,38-35-. The molecule has 0 radical (unpaired) electrons. The van der Waals surface area contributed by atoms with E-state index in [2.05, 4.69) is 37.4 Å². The molecule has 9 atom stereocenters. The van der Waals surface area contributed by atoms with Crippen LogP contribution in [0.15, 0.2) is 24.3 Å². The number of amides is 1. The van der Waals surface area contributed by atoms with Crippen LogP contribution in [0.25, 0.3) is 0 Å². The van der Waals surface area contributed by atoms with Gasteiger partial charge in [-0.15, -0.1) is 0 Å². The molecule has 0 aromatic heterocycles. The highest BCUT2D eigenvalue weighted by molar-refractivity contribution is 5.80. The van der Waals surface area contributed by atoms with Crippen LogP contribution in [0.3, 0.4) is 0 Å². The molecule has 1 aliphatic heterocycles. The SMILES string of the molecule is CCCCCC/C=C\CCC(O)C(=O)NC(COC1OC(CO)C(O)C(O)C1O)C(O)C(O)CCC/C=C/CCCCCCCCCCCCCCCCCCCCCCCCCCC. The fraction of sp³-hybridized carbons (Fsp3) is 0.907. The van der Waals surface area contributed by atoms with E-state index < -0.39 is 74.2 Å². The summed E-state index contributed by atoms with van der Waals surface area (Å²) in [6.45, 7) is 3.37. The lowest BCUT2D eigenvalue weighted by atomic mass is 9.99. The highest BCUT2D eigenvalue weighted by atomic mass is 16.7. The Morgan fingerprint density at radius 1 is 0.523 bits per heavy atom. The number of carbonyl (C=O) groups excluding carboxylic acids is 1. The molecule has 9 unspecified atom stereocenters. The van der Waals surface area contributed by atoms with Crippen LogP contribution in [0, 0.1) is 0 Å². The minimum Gasteiger partial charge on any atom is -0.394 e. The van der Waals surface area contributed by atoms with E-state index in [4.69, 9.17) is 9.47 Å². The van der Waals surface area contributed by atoms with Gasteiger partial charge in [-0.3, -0.25) is 4.79 Å². The Balaban J connectivity index is 2.21. The van der Waals surface area contributed by atoms with E-state index in [1.165, 1.54) is 173 Å². The van der Waals surface area contributed by atoms with Crippen LogP contribution < -0.4 is 5.32 Å². The van der Waals surface area contributed by atoms with Gasteiger partial charge in [-0.2, -0.15) is 0 Å². The number of ether oxygens (including phenoxy) is 2. The summed E-state index contributed by atoms with van der Waals surface area (Å²) in [5.74, 6) is -0.742. The van der Waals surface area contributed by atoms with Gasteiger partial charge in [-0.05, 0) is 57.8 Å². The first kappa shape index (κ1) is 61.6. The van der Waals surface area contributed by atoms with Crippen molar-refractivity contribution in [2.45, 2.75) is 300 Å². The van der Waals surface area contributed by atoms with E-state index in [1.807, 2.05) is 6.08 Å². The Kier molecular flexibility index (Phi) is 41.6. The summed E-state index contributed by atoms with van der Waals surface area (Å²) in [6.07, 6.45) is 40.2. The highest BCUT2D eigenvalue weighted by Crippen LogP contribution is 2.23. The molecule has 1 saturated heterocycles. The van der Waals surface area contributed by atoms with Gasteiger partial charge in [0.1, 0.15) is 36.6 Å². The first-order valence-corrected chi connectivity index (χ1v) is 27.2. The zero-order chi connectivity index (χ0) is 47.6. The number of nitrogens with one attached hydrogen (secondary N) is 1. The van der Waals surface area contributed by atoms with Gasteiger partial charge < -0.3 is 50.5 Å². The zero-order valence-electron chi connectivity index (χ0n) is 41.7. The molecule has 384 valence electrons. The summed E-state index contributed by atoms with van der Waals surface area (Å²) in [6, 6.07) is -1.20. The van der Waals surface area contributed by atoms with Crippen LogP contribution >= 0.6 is 0 Å².